The van der Waals surface area contributed by atoms with Crippen molar-refractivity contribution in [3.63, 3.8) is 0 Å². The van der Waals surface area contributed by atoms with Gasteiger partial charge in [0.15, 0.2) is 0 Å². The van der Waals surface area contributed by atoms with Crippen LogP contribution < -0.4 is 10.0 Å². The second kappa shape index (κ2) is 11.0. The highest BCUT2D eigenvalue weighted by molar-refractivity contribution is 9.10. The number of sulfonamides is 1. The third kappa shape index (κ3) is 7.17. The zero-order valence-electron chi connectivity index (χ0n) is 15.7. The Kier molecular flexibility index (Phi) is 8.40. The molecule has 11 heteroatoms. The van der Waals surface area contributed by atoms with Gasteiger partial charge in [-0.2, -0.15) is 0 Å². The number of hydrogen-bond donors (Lipinski definition) is 2. The third-order valence-corrected chi connectivity index (χ3v) is 7.86. The summed E-state index contributed by atoms with van der Waals surface area (Å²) in [4.78, 5) is 12.2. The lowest BCUT2D eigenvalue weighted by Gasteiger charge is -2.06. The largest absolute Gasteiger partial charge is 0.300 e. The molecule has 0 saturated carbocycles. The van der Waals surface area contributed by atoms with Gasteiger partial charge in [-0.05, 0) is 29.8 Å². The van der Waals surface area contributed by atoms with E-state index < -0.39 is 10.0 Å². The lowest BCUT2D eigenvalue weighted by atomic mass is 10.2. The van der Waals surface area contributed by atoms with Crippen molar-refractivity contribution in [3.8, 4) is 0 Å². The van der Waals surface area contributed by atoms with Gasteiger partial charge in [-0.3, -0.25) is 4.79 Å². The quantitative estimate of drug-likeness (QED) is 0.413. The molecule has 0 radical (unpaired) electrons. The Balaban J connectivity index is 1.40. The summed E-state index contributed by atoms with van der Waals surface area (Å²) >= 11 is 6.30. The predicted molar refractivity (Wildman–Crippen MR) is 124 cm³/mol. The molecule has 0 bridgehead atoms. The molecule has 0 aliphatic rings. The molecule has 0 fully saturated rings. The summed E-state index contributed by atoms with van der Waals surface area (Å²) < 4.78 is 27.6. The fourth-order valence-electron chi connectivity index (χ4n) is 2.37. The van der Waals surface area contributed by atoms with Gasteiger partial charge in [-0.25, -0.2) is 13.1 Å². The number of nitrogens with one attached hydrogen (secondary N) is 2. The van der Waals surface area contributed by atoms with Gasteiger partial charge in [0.05, 0.1) is 4.90 Å². The number of thioether (sulfide) groups is 1. The average Bonchev–Trinajstić information content (AvgIpc) is 3.16. The standard InChI is InChI=1S/C19H19BrN4O3S3/c20-15-6-8-16(9-7-15)30(26,27)21-11-10-17(25)22-19-24-23-18(29-19)13-28-12-14-4-2-1-3-5-14/h1-9,21H,10-13H2,(H,22,24,25). The van der Waals surface area contributed by atoms with Crippen LogP contribution in [-0.2, 0) is 26.3 Å². The van der Waals surface area contributed by atoms with Crippen molar-refractivity contribution in [2.45, 2.75) is 22.8 Å². The lowest BCUT2D eigenvalue weighted by Crippen LogP contribution is -2.27. The van der Waals surface area contributed by atoms with E-state index in [-0.39, 0.29) is 23.8 Å². The highest BCUT2D eigenvalue weighted by Gasteiger charge is 2.14. The van der Waals surface area contributed by atoms with Crippen LogP contribution in [0.1, 0.15) is 17.0 Å². The van der Waals surface area contributed by atoms with E-state index in [1.165, 1.54) is 29.0 Å². The van der Waals surface area contributed by atoms with Gasteiger partial charge in [0, 0.05) is 28.9 Å². The zero-order chi connectivity index (χ0) is 21.4. The summed E-state index contributed by atoms with van der Waals surface area (Å²) in [6, 6.07) is 16.4. The minimum absolute atomic E-state index is 0.00652. The Bertz CT molecular complexity index is 1070. The third-order valence-electron chi connectivity index (χ3n) is 3.82. The van der Waals surface area contributed by atoms with E-state index in [1.807, 2.05) is 18.2 Å². The fourth-order valence-corrected chi connectivity index (χ4v) is 5.47. The van der Waals surface area contributed by atoms with Crippen LogP contribution >= 0.6 is 39.0 Å². The maximum absolute atomic E-state index is 12.2. The molecule has 0 saturated heterocycles. The Morgan fingerprint density at radius 3 is 2.50 bits per heavy atom. The first-order valence-electron chi connectivity index (χ1n) is 8.91. The van der Waals surface area contributed by atoms with Crippen LogP contribution in [0.4, 0.5) is 5.13 Å². The first-order valence-corrected chi connectivity index (χ1v) is 13.2. The van der Waals surface area contributed by atoms with Crippen LogP contribution in [0.15, 0.2) is 64.0 Å². The number of carbonyl (C=O) groups is 1. The normalized spacial score (nSPS) is 11.4. The minimum Gasteiger partial charge on any atom is -0.300 e. The van der Waals surface area contributed by atoms with Crippen LogP contribution in [0.25, 0.3) is 0 Å². The molecule has 30 heavy (non-hydrogen) atoms. The maximum Gasteiger partial charge on any atom is 0.240 e. The smallest absolute Gasteiger partial charge is 0.240 e. The molecule has 2 aromatic carbocycles. The number of halogens is 1. The molecule has 3 aromatic rings. The van der Waals surface area contributed by atoms with Crippen LogP contribution in [0.5, 0.6) is 0 Å². The van der Waals surface area contributed by atoms with Gasteiger partial charge in [0.1, 0.15) is 5.01 Å². The average molecular weight is 527 g/mol. The summed E-state index contributed by atoms with van der Waals surface area (Å²) in [5, 5.41) is 11.9. The zero-order valence-corrected chi connectivity index (χ0v) is 19.8. The van der Waals surface area contributed by atoms with Gasteiger partial charge >= 0.3 is 0 Å². The Morgan fingerprint density at radius 2 is 1.77 bits per heavy atom. The molecule has 0 spiro atoms. The van der Waals surface area contributed by atoms with Crippen molar-refractivity contribution in [3.05, 3.63) is 69.6 Å². The van der Waals surface area contributed by atoms with Gasteiger partial charge in [0.25, 0.3) is 0 Å². The van der Waals surface area contributed by atoms with Crippen molar-refractivity contribution in [2.24, 2.45) is 0 Å². The molecule has 0 aliphatic heterocycles. The topological polar surface area (TPSA) is 101 Å². The van der Waals surface area contributed by atoms with Crippen LogP contribution in [-0.4, -0.2) is 31.1 Å². The summed E-state index contributed by atoms with van der Waals surface area (Å²) in [5.74, 6) is 1.25. The van der Waals surface area contributed by atoms with E-state index in [0.717, 1.165) is 15.2 Å². The van der Waals surface area contributed by atoms with Gasteiger partial charge < -0.3 is 5.32 Å². The monoisotopic (exact) mass is 526 g/mol. The number of rotatable bonds is 10. The van der Waals surface area contributed by atoms with Crippen molar-refractivity contribution in [1.29, 1.82) is 0 Å². The summed E-state index contributed by atoms with van der Waals surface area (Å²) in [7, 11) is -3.65. The second-order valence-electron chi connectivity index (χ2n) is 6.13. The van der Waals surface area contributed by atoms with Crippen LogP contribution in [0, 0.1) is 0 Å². The Labute approximate surface area is 191 Å². The second-order valence-corrected chi connectivity index (χ2v) is 10.9. The molecule has 0 unspecified atom stereocenters. The molecule has 1 amide bonds. The Hall–Kier alpha value is -1.79. The number of amides is 1. The molecule has 2 N–H and O–H groups in total. The van der Waals surface area contributed by atoms with E-state index in [9.17, 15) is 13.2 Å². The highest BCUT2D eigenvalue weighted by Crippen LogP contribution is 2.22. The SMILES string of the molecule is O=C(CCNS(=O)(=O)c1ccc(Br)cc1)Nc1nnc(CSCc2ccccc2)s1. The molecule has 7 nitrogen and oxygen atoms in total. The number of nitrogens with zero attached hydrogens (tertiary/aromatic N) is 2. The molecule has 1 aromatic heterocycles. The van der Waals surface area contributed by atoms with Crippen LogP contribution in [0.3, 0.4) is 0 Å². The first kappa shape index (κ1) is 22.9. The number of aromatic nitrogens is 2. The number of carbonyl (C=O) groups excluding carboxylic acids is 1. The molecule has 158 valence electrons. The summed E-state index contributed by atoms with van der Waals surface area (Å²) in [6.07, 6.45) is -0.00652. The van der Waals surface area contributed by atoms with E-state index >= 15 is 0 Å². The number of hydrogen-bond acceptors (Lipinski definition) is 7. The number of benzene rings is 2. The molecular weight excluding hydrogens is 508 g/mol. The molecular formula is C19H19BrN4O3S3. The van der Waals surface area contributed by atoms with Crippen molar-refractivity contribution < 1.29 is 13.2 Å². The van der Waals surface area contributed by atoms with Gasteiger partial charge in [-0.1, -0.05) is 57.6 Å². The molecule has 0 atom stereocenters. The lowest BCUT2D eigenvalue weighted by molar-refractivity contribution is -0.116. The molecule has 3 rings (SSSR count). The van der Waals surface area contributed by atoms with Crippen LogP contribution in [0.2, 0.25) is 0 Å². The molecule has 1 heterocycles. The highest BCUT2D eigenvalue weighted by atomic mass is 79.9. The van der Waals surface area contributed by atoms with Crippen molar-refractivity contribution in [1.82, 2.24) is 14.9 Å². The van der Waals surface area contributed by atoms with Crippen molar-refractivity contribution in [2.75, 3.05) is 11.9 Å². The fraction of sp³-hybridized carbons (Fsp3) is 0.211. The van der Waals surface area contributed by atoms with E-state index in [4.69, 9.17) is 0 Å². The van der Waals surface area contributed by atoms with E-state index in [2.05, 4.69) is 48.3 Å². The summed E-state index contributed by atoms with van der Waals surface area (Å²) in [6.45, 7) is -0.0111. The number of anilines is 1. The van der Waals surface area contributed by atoms with Crippen molar-refractivity contribution >= 4 is 60.1 Å². The van der Waals surface area contributed by atoms with Gasteiger partial charge in [-0.15, -0.1) is 22.0 Å². The maximum atomic E-state index is 12.2. The van der Waals surface area contributed by atoms with Gasteiger partial charge in [0.2, 0.25) is 21.1 Å². The molecule has 0 aliphatic carbocycles. The van der Waals surface area contributed by atoms with E-state index in [0.29, 0.717) is 10.9 Å². The minimum atomic E-state index is -3.65. The Morgan fingerprint density at radius 1 is 1.03 bits per heavy atom. The van der Waals surface area contributed by atoms with E-state index in [1.54, 1.807) is 23.9 Å². The first-order chi connectivity index (χ1) is 14.4. The predicted octanol–water partition coefficient (Wildman–Crippen LogP) is 4.04. The summed E-state index contributed by atoms with van der Waals surface area (Å²) in [5.41, 5.74) is 1.24.